The lowest BCUT2D eigenvalue weighted by Crippen LogP contribution is -2.07. The van der Waals surface area contributed by atoms with Crippen LogP contribution in [0, 0.1) is 0 Å². The summed E-state index contributed by atoms with van der Waals surface area (Å²) in [6.07, 6.45) is 2.90. The monoisotopic (exact) mass is 393 g/mol. The van der Waals surface area contributed by atoms with Crippen LogP contribution in [0.3, 0.4) is 0 Å². The Morgan fingerprint density at radius 1 is 1.62 bits per heavy atom. The summed E-state index contributed by atoms with van der Waals surface area (Å²) in [5.41, 5.74) is 1.08. The fraction of sp³-hybridized carbons (Fsp3) is 0.273. The van der Waals surface area contributed by atoms with Gasteiger partial charge in [0.1, 0.15) is 10.4 Å². The Kier molecular flexibility index (Phi) is 6.63. The highest BCUT2D eigenvalue weighted by Gasteiger charge is 1.96. The second-order valence-corrected chi connectivity index (χ2v) is 4.56. The molecule has 86 valence electrons. The van der Waals surface area contributed by atoms with Crippen LogP contribution in [0.2, 0.25) is 0 Å². The number of hydrogen-bond acceptors (Lipinski definition) is 3. The van der Waals surface area contributed by atoms with Gasteiger partial charge in [-0.1, -0.05) is 28.7 Å². The van der Waals surface area contributed by atoms with Gasteiger partial charge in [0.25, 0.3) is 0 Å². The Hall–Kier alpha value is -0.430. The van der Waals surface area contributed by atoms with Gasteiger partial charge < -0.3 is 5.32 Å². The van der Waals surface area contributed by atoms with E-state index in [0.717, 1.165) is 29.1 Å². The van der Waals surface area contributed by atoms with Gasteiger partial charge in [0, 0.05) is 25.7 Å². The lowest BCUT2D eigenvalue weighted by molar-refractivity contribution is 1.07. The van der Waals surface area contributed by atoms with Gasteiger partial charge in [-0.2, -0.15) is 0 Å². The summed E-state index contributed by atoms with van der Waals surface area (Å²) in [5, 5.41) is 3.25. The molecule has 3 nitrogen and oxygen atoms in total. The maximum Gasteiger partial charge on any atom is 0.127 e. The quantitative estimate of drug-likeness (QED) is 0.470. The van der Waals surface area contributed by atoms with Gasteiger partial charge in [-0.05, 0) is 38.2 Å². The van der Waals surface area contributed by atoms with E-state index in [1.807, 2.05) is 35.4 Å². The Morgan fingerprint density at radius 3 is 3.06 bits per heavy atom. The third-order valence-corrected chi connectivity index (χ3v) is 2.75. The van der Waals surface area contributed by atoms with Gasteiger partial charge >= 0.3 is 0 Å². The number of anilines is 1. The first-order chi connectivity index (χ1) is 7.76. The van der Waals surface area contributed by atoms with E-state index in [2.05, 4.69) is 53.8 Å². The molecular formula is C11H13BrIN3. The molecule has 1 aromatic heterocycles. The predicted molar refractivity (Wildman–Crippen MR) is 81.6 cm³/mol. The molecule has 0 amide bonds. The minimum absolute atomic E-state index is 0.830. The van der Waals surface area contributed by atoms with Crippen LogP contribution in [-0.4, -0.2) is 24.3 Å². The van der Waals surface area contributed by atoms with E-state index in [9.17, 15) is 0 Å². The Bertz CT molecular complexity index is 391. The molecule has 0 saturated heterocycles. The lowest BCUT2D eigenvalue weighted by Gasteiger charge is -2.05. The summed E-state index contributed by atoms with van der Waals surface area (Å²) >= 11 is 5.53. The largest absolute Gasteiger partial charge is 0.370 e. The zero-order valence-electron chi connectivity index (χ0n) is 8.95. The first-order valence-corrected chi connectivity index (χ1v) is 6.89. The van der Waals surface area contributed by atoms with Crippen LogP contribution in [0.25, 0.3) is 0 Å². The van der Waals surface area contributed by atoms with Gasteiger partial charge in [-0.15, -0.1) is 0 Å². The number of pyridine rings is 1. The number of aliphatic imine (C=N–C) groups is 1. The second-order valence-electron chi connectivity index (χ2n) is 3.03. The summed E-state index contributed by atoms with van der Waals surface area (Å²) in [6.45, 7) is 0.830. The fourth-order valence-corrected chi connectivity index (χ4v) is 1.93. The van der Waals surface area contributed by atoms with E-state index in [1.165, 1.54) is 0 Å². The lowest BCUT2D eigenvalue weighted by atomic mass is 10.2. The van der Waals surface area contributed by atoms with Crippen LogP contribution in [0.15, 0.2) is 38.0 Å². The van der Waals surface area contributed by atoms with Gasteiger partial charge in [-0.3, -0.25) is 4.99 Å². The molecule has 0 aromatic carbocycles. The molecule has 0 radical (unpaired) electrons. The highest BCUT2D eigenvalue weighted by atomic mass is 127. The maximum absolute atomic E-state index is 4.29. The van der Waals surface area contributed by atoms with Crippen molar-refractivity contribution >= 4 is 50.1 Å². The third-order valence-electron chi connectivity index (χ3n) is 1.94. The van der Waals surface area contributed by atoms with Crippen LogP contribution in [-0.2, 0) is 0 Å². The first kappa shape index (κ1) is 13.6. The molecule has 16 heavy (non-hydrogen) atoms. The van der Waals surface area contributed by atoms with Gasteiger partial charge in [0.15, 0.2) is 0 Å². The first-order valence-electron chi connectivity index (χ1n) is 4.85. The van der Waals surface area contributed by atoms with Crippen LogP contribution < -0.4 is 5.32 Å². The molecule has 0 saturated carbocycles. The molecule has 1 rings (SSSR count). The summed E-state index contributed by atoms with van der Waals surface area (Å²) in [5.74, 6) is 0.878. The predicted octanol–water partition coefficient (Wildman–Crippen LogP) is 3.67. The second kappa shape index (κ2) is 7.78. The number of aromatic nitrogens is 1. The van der Waals surface area contributed by atoms with E-state index in [-0.39, 0.29) is 0 Å². The molecule has 0 aliphatic carbocycles. The van der Waals surface area contributed by atoms with Crippen LogP contribution in [0.4, 0.5) is 5.82 Å². The summed E-state index contributed by atoms with van der Waals surface area (Å²) in [4.78, 5) is 8.47. The highest BCUT2D eigenvalue weighted by molar-refractivity contribution is 14.1. The molecular weight excluding hydrogens is 381 g/mol. The van der Waals surface area contributed by atoms with Crippen LogP contribution in [0.5, 0.6) is 0 Å². The summed E-state index contributed by atoms with van der Waals surface area (Å²) in [6, 6.07) is 5.81. The fourth-order valence-electron chi connectivity index (χ4n) is 1.17. The molecule has 0 aliphatic heterocycles. The maximum atomic E-state index is 4.29. The molecule has 0 atom stereocenters. The average Bonchev–Trinajstić information content (AvgIpc) is 2.28. The summed E-state index contributed by atoms with van der Waals surface area (Å²) < 4.78 is 2.81. The van der Waals surface area contributed by atoms with Crippen molar-refractivity contribution in [2.24, 2.45) is 4.99 Å². The van der Waals surface area contributed by atoms with Crippen molar-refractivity contribution in [1.82, 2.24) is 4.98 Å². The molecule has 1 aromatic rings. The molecule has 0 spiro atoms. The van der Waals surface area contributed by atoms with E-state index in [4.69, 9.17) is 0 Å². The molecule has 0 bridgehead atoms. The summed E-state index contributed by atoms with van der Waals surface area (Å²) in [7, 11) is 1.81. The zero-order chi connectivity index (χ0) is 11.8. The van der Waals surface area contributed by atoms with Crippen molar-refractivity contribution in [3.8, 4) is 0 Å². The van der Waals surface area contributed by atoms with Crippen molar-refractivity contribution in [1.29, 1.82) is 0 Å². The molecule has 1 N–H and O–H groups in total. The van der Waals surface area contributed by atoms with Crippen molar-refractivity contribution < 1.29 is 0 Å². The Labute approximate surface area is 118 Å². The number of nitrogens with zero attached hydrogens (tertiary/aromatic N) is 2. The SMILES string of the molecule is CN=C(/C=C\I)CCNc1cccc(Br)n1. The van der Waals surface area contributed by atoms with E-state index < -0.39 is 0 Å². The normalized spacial score (nSPS) is 12.1. The number of allylic oxidation sites excluding steroid dienone is 1. The van der Waals surface area contributed by atoms with Crippen molar-refractivity contribution in [3.05, 3.63) is 33.0 Å². The van der Waals surface area contributed by atoms with Gasteiger partial charge in [0.2, 0.25) is 0 Å². The molecule has 0 fully saturated rings. The number of nitrogens with one attached hydrogen (secondary N) is 1. The van der Waals surface area contributed by atoms with E-state index in [0.29, 0.717) is 0 Å². The molecule has 0 aliphatic rings. The number of halogens is 2. The van der Waals surface area contributed by atoms with Crippen LogP contribution >= 0.6 is 38.5 Å². The zero-order valence-corrected chi connectivity index (χ0v) is 12.7. The van der Waals surface area contributed by atoms with Gasteiger partial charge in [0.05, 0.1) is 0 Å². The molecule has 1 heterocycles. The van der Waals surface area contributed by atoms with E-state index in [1.54, 1.807) is 0 Å². The number of hydrogen-bond donors (Lipinski definition) is 1. The van der Waals surface area contributed by atoms with Crippen molar-refractivity contribution in [2.45, 2.75) is 6.42 Å². The number of rotatable bonds is 5. The third kappa shape index (κ3) is 5.07. The molecule has 5 heteroatoms. The highest BCUT2D eigenvalue weighted by Crippen LogP contribution is 2.09. The smallest absolute Gasteiger partial charge is 0.127 e. The minimum Gasteiger partial charge on any atom is -0.370 e. The molecule has 0 unspecified atom stereocenters. The standard InChI is InChI=1S/C11H13BrIN3/c1-14-9(5-7-13)6-8-15-11-4-2-3-10(12)16-11/h2-5,7H,6,8H2,1H3,(H,15,16)/b7-5-,14-9?. The Balaban J connectivity index is 2.41. The average molecular weight is 394 g/mol. The topological polar surface area (TPSA) is 37.3 Å². The van der Waals surface area contributed by atoms with Gasteiger partial charge in [-0.25, -0.2) is 4.98 Å². The van der Waals surface area contributed by atoms with E-state index >= 15 is 0 Å². The Morgan fingerprint density at radius 2 is 2.44 bits per heavy atom. The minimum atomic E-state index is 0.830. The van der Waals surface area contributed by atoms with Crippen molar-refractivity contribution in [2.75, 3.05) is 18.9 Å². The van der Waals surface area contributed by atoms with Crippen molar-refractivity contribution in [3.63, 3.8) is 0 Å². The van der Waals surface area contributed by atoms with Crippen LogP contribution in [0.1, 0.15) is 6.42 Å².